The first-order valence-electron chi connectivity index (χ1n) is 10.8. The van der Waals surface area contributed by atoms with E-state index in [1.807, 2.05) is 13.8 Å². The molecular weight excluding hydrogens is 406 g/mol. The number of hydrogen-bond donors (Lipinski definition) is 1. The second-order valence-electron chi connectivity index (χ2n) is 9.57. The summed E-state index contributed by atoms with van der Waals surface area (Å²) in [7, 11) is 0. The molecule has 1 atom stereocenters. The Morgan fingerprint density at radius 2 is 1.71 bits per heavy atom. The van der Waals surface area contributed by atoms with Crippen LogP contribution in [0.1, 0.15) is 72.3 Å². The van der Waals surface area contributed by atoms with Crippen LogP contribution in [0.5, 0.6) is 0 Å². The first-order chi connectivity index (χ1) is 14.4. The van der Waals surface area contributed by atoms with Gasteiger partial charge in [-0.2, -0.15) is 0 Å². The van der Waals surface area contributed by atoms with Crippen LogP contribution in [-0.4, -0.2) is 34.7 Å². The Morgan fingerprint density at radius 3 is 2.19 bits per heavy atom. The second-order valence-corrected chi connectivity index (χ2v) is 9.57. The van der Waals surface area contributed by atoms with Crippen LogP contribution >= 0.6 is 0 Å². The lowest BCUT2D eigenvalue weighted by atomic mass is 10.0. The largest absolute Gasteiger partial charge is 0.461 e. The van der Waals surface area contributed by atoms with Crippen LogP contribution in [0.25, 0.3) is 0 Å². The van der Waals surface area contributed by atoms with Gasteiger partial charge in [-0.15, -0.1) is 0 Å². The fourth-order valence-electron chi connectivity index (χ4n) is 3.59. The zero-order chi connectivity index (χ0) is 23.3. The molecule has 6 nitrogen and oxygen atoms in total. The maximum atomic E-state index is 14.0. The lowest BCUT2D eigenvalue weighted by molar-refractivity contribution is -0.156. The fourth-order valence-corrected chi connectivity index (χ4v) is 3.59. The van der Waals surface area contributed by atoms with Crippen molar-refractivity contribution >= 4 is 17.7 Å². The number of amides is 1. The number of hydrogen-bond acceptors (Lipinski definition) is 5. The van der Waals surface area contributed by atoms with Crippen LogP contribution < -0.4 is 5.73 Å². The van der Waals surface area contributed by atoms with Crippen molar-refractivity contribution in [3.8, 4) is 0 Å². The van der Waals surface area contributed by atoms with Gasteiger partial charge in [0.05, 0.1) is 6.54 Å². The first kappa shape index (κ1) is 24.9. The summed E-state index contributed by atoms with van der Waals surface area (Å²) in [5.74, 6) is -2.31. The van der Waals surface area contributed by atoms with E-state index in [1.165, 1.54) is 4.90 Å². The van der Waals surface area contributed by atoms with Gasteiger partial charge in [0, 0.05) is 0 Å². The number of nitrogens with zero attached hydrogens (tertiary/aromatic N) is 1. The summed E-state index contributed by atoms with van der Waals surface area (Å²) in [5, 5.41) is 0. The monoisotopic (exact) mass is 440 g/mol. The van der Waals surface area contributed by atoms with Crippen molar-refractivity contribution < 1.29 is 27.8 Å². The Hall–Kier alpha value is -2.38. The van der Waals surface area contributed by atoms with Crippen LogP contribution in [0.15, 0.2) is 12.1 Å². The van der Waals surface area contributed by atoms with Crippen LogP contribution in [0.4, 0.5) is 19.3 Å². The molecule has 1 amide bonds. The minimum Gasteiger partial charge on any atom is -0.461 e. The minimum atomic E-state index is -0.945. The third-order valence-electron chi connectivity index (χ3n) is 5.05. The summed E-state index contributed by atoms with van der Waals surface area (Å²) >= 11 is 0. The van der Waals surface area contributed by atoms with E-state index in [-0.39, 0.29) is 24.1 Å². The van der Waals surface area contributed by atoms with Crippen LogP contribution in [-0.2, 0) is 20.8 Å². The molecule has 0 bridgehead atoms. The Kier molecular flexibility index (Phi) is 8.26. The van der Waals surface area contributed by atoms with Crippen molar-refractivity contribution in [3.63, 3.8) is 0 Å². The summed E-state index contributed by atoms with van der Waals surface area (Å²) in [6.07, 6.45) is 2.97. The predicted molar refractivity (Wildman–Crippen MR) is 114 cm³/mol. The van der Waals surface area contributed by atoms with Crippen molar-refractivity contribution in [2.45, 2.75) is 91.0 Å². The highest BCUT2D eigenvalue weighted by molar-refractivity contribution is 5.81. The molecule has 2 rings (SSSR count). The van der Waals surface area contributed by atoms with Gasteiger partial charge >= 0.3 is 12.1 Å². The summed E-state index contributed by atoms with van der Waals surface area (Å²) in [4.78, 5) is 27.3. The summed E-state index contributed by atoms with van der Waals surface area (Å²) in [6, 6.07) is 1.17. The molecule has 0 spiro atoms. The number of carbonyl (C=O) groups is 2. The van der Waals surface area contributed by atoms with Gasteiger partial charge < -0.3 is 15.2 Å². The average Bonchev–Trinajstić information content (AvgIpc) is 3.13. The predicted octanol–water partition coefficient (Wildman–Crippen LogP) is 5.18. The van der Waals surface area contributed by atoms with Gasteiger partial charge in [0.15, 0.2) is 0 Å². The summed E-state index contributed by atoms with van der Waals surface area (Å²) in [6.45, 7) is 8.75. The molecule has 0 saturated heterocycles. The number of halogens is 2. The zero-order valence-corrected chi connectivity index (χ0v) is 19.0. The smallest absolute Gasteiger partial charge is 0.411 e. The average molecular weight is 441 g/mol. The molecule has 1 aromatic carbocycles. The van der Waals surface area contributed by atoms with Gasteiger partial charge in [0.25, 0.3) is 0 Å². The van der Waals surface area contributed by atoms with Crippen molar-refractivity contribution in [3.05, 3.63) is 29.3 Å². The molecule has 8 heteroatoms. The van der Waals surface area contributed by atoms with Gasteiger partial charge in [0.2, 0.25) is 0 Å². The molecule has 31 heavy (non-hydrogen) atoms. The molecule has 1 aliphatic carbocycles. The molecule has 1 aromatic rings. The van der Waals surface area contributed by atoms with Crippen molar-refractivity contribution in [1.82, 2.24) is 4.90 Å². The quantitative estimate of drug-likeness (QED) is 0.466. The topological polar surface area (TPSA) is 81.9 Å². The highest BCUT2D eigenvalue weighted by atomic mass is 19.1. The minimum absolute atomic E-state index is 0.0611. The third-order valence-corrected chi connectivity index (χ3v) is 5.05. The normalized spacial score (nSPS) is 15.7. The van der Waals surface area contributed by atoms with Crippen molar-refractivity contribution in [1.29, 1.82) is 0 Å². The maximum Gasteiger partial charge on any atom is 0.411 e. The van der Waals surface area contributed by atoms with Crippen LogP contribution in [0.2, 0.25) is 0 Å². The number of carbonyl (C=O) groups excluding carboxylic acids is 2. The third kappa shape index (κ3) is 7.36. The number of nitrogens with two attached hydrogens (primary N) is 1. The Labute approximate surface area is 183 Å². The van der Waals surface area contributed by atoms with Gasteiger partial charge in [-0.25, -0.2) is 18.4 Å². The molecular formula is C23H34F2N2O4. The van der Waals surface area contributed by atoms with Crippen LogP contribution in [0, 0.1) is 17.6 Å². The van der Waals surface area contributed by atoms with Gasteiger partial charge in [0.1, 0.15) is 35.1 Å². The standard InChI is InChI=1S/C23H34F2N2O4/c1-14(2)10-19(21(28)30-16-8-6-7-9-16)27(22(29)31-23(3,4)5)13-15-11-17(24)20(26)18(25)12-15/h11-12,14,16,19H,6-10,13,26H2,1-5H3. The second kappa shape index (κ2) is 10.3. The van der Waals surface area contributed by atoms with E-state index >= 15 is 0 Å². The molecule has 0 aromatic heterocycles. The SMILES string of the molecule is CC(C)CC(C(=O)OC1CCCC1)N(Cc1cc(F)c(N)c(F)c1)C(=O)OC(C)(C)C. The molecule has 1 saturated carbocycles. The number of esters is 1. The van der Waals surface area contributed by atoms with E-state index in [1.54, 1.807) is 20.8 Å². The molecule has 1 fully saturated rings. The molecule has 0 aliphatic heterocycles. The Bertz CT molecular complexity index is 763. The number of ether oxygens (including phenoxy) is 2. The Morgan fingerprint density at radius 1 is 1.16 bits per heavy atom. The number of anilines is 1. The van der Waals surface area contributed by atoms with Gasteiger partial charge in [-0.1, -0.05) is 13.8 Å². The Balaban J connectivity index is 2.37. The van der Waals surface area contributed by atoms with E-state index in [2.05, 4.69) is 0 Å². The molecule has 0 radical (unpaired) electrons. The fraction of sp³-hybridized carbons (Fsp3) is 0.652. The highest BCUT2D eigenvalue weighted by Gasteiger charge is 2.36. The number of nitrogen functional groups attached to an aromatic ring is 1. The van der Waals surface area contributed by atoms with Crippen LogP contribution in [0.3, 0.4) is 0 Å². The molecule has 0 heterocycles. The molecule has 1 aliphatic rings. The van der Waals surface area contributed by atoms with Gasteiger partial charge in [-0.3, -0.25) is 4.90 Å². The van der Waals surface area contributed by atoms with E-state index in [0.29, 0.717) is 6.42 Å². The first-order valence-corrected chi connectivity index (χ1v) is 10.8. The summed E-state index contributed by atoms with van der Waals surface area (Å²) in [5.41, 5.74) is 4.12. The van der Waals surface area contributed by atoms with E-state index in [4.69, 9.17) is 15.2 Å². The summed E-state index contributed by atoms with van der Waals surface area (Å²) < 4.78 is 39.2. The highest BCUT2D eigenvalue weighted by Crippen LogP contribution is 2.26. The number of benzene rings is 1. The molecule has 2 N–H and O–H groups in total. The van der Waals surface area contributed by atoms with E-state index < -0.39 is 41.0 Å². The van der Waals surface area contributed by atoms with E-state index in [9.17, 15) is 18.4 Å². The zero-order valence-electron chi connectivity index (χ0n) is 19.0. The lowest BCUT2D eigenvalue weighted by Gasteiger charge is -2.34. The van der Waals surface area contributed by atoms with E-state index in [0.717, 1.165) is 37.8 Å². The lowest BCUT2D eigenvalue weighted by Crippen LogP contribution is -2.48. The van der Waals surface area contributed by atoms with Crippen molar-refractivity contribution in [2.24, 2.45) is 5.92 Å². The maximum absolute atomic E-state index is 14.0. The van der Waals surface area contributed by atoms with Crippen molar-refractivity contribution in [2.75, 3.05) is 5.73 Å². The van der Waals surface area contributed by atoms with Gasteiger partial charge in [-0.05, 0) is 76.5 Å². The molecule has 1 unspecified atom stereocenters. The number of rotatable bonds is 7. The molecule has 174 valence electrons.